The Kier molecular flexibility index (Phi) is 2.91. The molecule has 0 radical (unpaired) electrons. The Labute approximate surface area is 94.2 Å². The molecule has 6 heteroatoms. The molecule has 2 rings (SSSR count). The average Bonchev–Trinajstić information content (AvgIpc) is 2.59. The lowest BCUT2D eigenvalue weighted by molar-refractivity contribution is -0.123. The number of nitrogens with one attached hydrogen (secondary N) is 1. The maximum atomic E-state index is 11.6. The van der Waals surface area contributed by atoms with Crippen LogP contribution in [0.1, 0.15) is 31.5 Å². The highest BCUT2D eigenvalue weighted by molar-refractivity contribution is 5.77. The van der Waals surface area contributed by atoms with Crippen molar-refractivity contribution in [2.75, 3.05) is 0 Å². The number of carbonyl (C=O) groups excluding carboxylic acids is 1. The minimum Gasteiger partial charge on any atom is -0.349 e. The largest absolute Gasteiger partial charge is 0.349 e. The monoisotopic (exact) mass is 223 g/mol. The number of amides is 1. The molecule has 1 heterocycles. The second-order valence-electron chi connectivity index (χ2n) is 4.50. The first-order valence-electron chi connectivity index (χ1n) is 5.47. The van der Waals surface area contributed by atoms with E-state index in [2.05, 4.69) is 15.4 Å². The first-order chi connectivity index (χ1) is 7.57. The Hall–Kier alpha value is -1.43. The van der Waals surface area contributed by atoms with E-state index in [4.69, 9.17) is 5.73 Å². The summed E-state index contributed by atoms with van der Waals surface area (Å²) < 4.78 is 1.61. The number of carbonyl (C=O) groups is 1. The molecule has 3 N–H and O–H groups in total. The van der Waals surface area contributed by atoms with Gasteiger partial charge >= 0.3 is 0 Å². The highest BCUT2D eigenvalue weighted by Gasteiger charge is 2.34. The zero-order chi connectivity index (χ0) is 11.6. The van der Waals surface area contributed by atoms with Gasteiger partial charge in [0.25, 0.3) is 0 Å². The maximum Gasteiger partial charge on any atom is 0.222 e. The Balaban J connectivity index is 1.75. The Morgan fingerprint density at radius 2 is 2.44 bits per heavy atom. The van der Waals surface area contributed by atoms with Crippen molar-refractivity contribution in [3.8, 4) is 0 Å². The third-order valence-electron chi connectivity index (χ3n) is 2.95. The highest BCUT2D eigenvalue weighted by Crippen LogP contribution is 2.31. The molecular formula is C10H17N5O. The second-order valence-corrected chi connectivity index (χ2v) is 4.50. The first-order valence-corrected chi connectivity index (χ1v) is 5.47. The van der Waals surface area contributed by atoms with Crippen LogP contribution in [0.4, 0.5) is 0 Å². The van der Waals surface area contributed by atoms with Gasteiger partial charge < -0.3 is 11.1 Å². The molecule has 1 aromatic rings. The van der Waals surface area contributed by atoms with Gasteiger partial charge in [0.2, 0.25) is 5.91 Å². The molecule has 0 unspecified atom stereocenters. The van der Waals surface area contributed by atoms with Crippen molar-refractivity contribution in [1.29, 1.82) is 0 Å². The fourth-order valence-electron chi connectivity index (χ4n) is 1.83. The van der Waals surface area contributed by atoms with Gasteiger partial charge in [-0.3, -0.25) is 9.48 Å². The van der Waals surface area contributed by atoms with Gasteiger partial charge in [0.05, 0.1) is 6.54 Å². The van der Waals surface area contributed by atoms with Crippen LogP contribution in [0.3, 0.4) is 0 Å². The van der Waals surface area contributed by atoms with E-state index in [9.17, 15) is 4.79 Å². The van der Waals surface area contributed by atoms with Gasteiger partial charge in [-0.15, -0.1) is 0 Å². The van der Waals surface area contributed by atoms with Gasteiger partial charge in [0.1, 0.15) is 6.33 Å². The smallest absolute Gasteiger partial charge is 0.222 e. The highest BCUT2D eigenvalue weighted by atomic mass is 16.1. The van der Waals surface area contributed by atoms with Gasteiger partial charge in [0, 0.05) is 19.0 Å². The number of hydrogen-bond donors (Lipinski definition) is 2. The molecule has 1 saturated carbocycles. The maximum absolute atomic E-state index is 11.6. The van der Waals surface area contributed by atoms with Crippen LogP contribution >= 0.6 is 0 Å². The molecular weight excluding hydrogens is 206 g/mol. The summed E-state index contributed by atoms with van der Waals surface area (Å²) in [7, 11) is 1.79. The van der Waals surface area contributed by atoms with Crippen molar-refractivity contribution in [3.63, 3.8) is 0 Å². The first kappa shape index (κ1) is 11.1. The van der Waals surface area contributed by atoms with E-state index >= 15 is 0 Å². The van der Waals surface area contributed by atoms with E-state index in [1.54, 1.807) is 18.1 Å². The van der Waals surface area contributed by atoms with Crippen molar-refractivity contribution >= 4 is 5.91 Å². The summed E-state index contributed by atoms with van der Waals surface area (Å²) in [5.41, 5.74) is 5.72. The number of hydrogen-bond acceptors (Lipinski definition) is 4. The molecule has 0 aliphatic heterocycles. The predicted molar refractivity (Wildman–Crippen MR) is 58.2 cm³/mol. The van der Waals surface area contributed by atoms with Crippen LogP contribution in [-0.4, -0.2) is 26.2 Å². The summed E-state index contributed by atoms with van der Waals surface area (Å²) in [5.74, 6) is 0.602. The molecule has 1 fully saturated rings. The molecule has 1 aromatic heterocycles. The molecule has 1 aliphatic carbocycles. The molecule has 88 valence electrons. The molecule has 6 nitrogen and oxygen atoms in total. The van der Waals surface area contributed by atoms with Gasteiger partial charge in [-0.2, -0.15) is 5.10 Å². The van der Waals surface area contributed by atoms with Gasteiger partial charge in [-0.25, -0.2) is 4.98 Å². The summed E-state index contributed by atoms with van der Waals surface area (Å²) in [6, 6.07) is 0. The van der Waals surface area contributed by atoms with E-state index in [-0.39, 0.29) is 11.4 Å². The molecule has 1 amide bonds. The van der Waals surface area contributed by atoms with Crippen LogP contribution in [-0.2, 0) is 18.4 Å². The zero-order valence-electron chi connectivity index (χ0n) is 9.44. The predicted octanol–water partition coefficient (Wildman–Crippen LogP) is -0.297. The Morgan fingerprint density at radius 1 is 1.69 bits per heavy atom. The summed E-state index contributed by atoms with van der Waals surface area (Å²) in [4.78, 5) is 15.6. The van der Waals surface area contributed by atoms with Gasteiger partial charge in [-0.1, -0.05) is 0 Å². The van der Waals surface area contributed by atoms with Crippen molar-refractivity contribution in [1.82, 2.24) is 20.1 Å². The molecule has 0 saturated heterocycles. The molecule has 0 bridgehead atoms. The normalized spacial score (nSPS) is 17.9. The van der Waals surface area contributed by atoms with Crippen LogP contribution in [0.25, 0.3) is 0 Å². The van der Waals surface area contributed by atoms with Crippen molar-refractivity contribution in [2.24, 2.45) is 12.8 Å². The van der Waals surface area contributed by atoms with Crippen LogP contribution in [0.15, 0.2) is 6.33 Å². The number of nitrogens with two attached hydrogens (primary N) is 1. The van der Waals surface area contributed by atoms with Gasteiger partial charge in [0.15, 0.2) is 5.82 Å². The van der Waals surface area contributed by atoms with E-state index in [1.165, 1.54) is 0 Å². The molecule has 1 aliphatic rings. The van der Waals surface area contributed by atoms with E-state index in [0.717, 1.165) is 19.3 Å². The Bertz CT molecular complexity index is 382. The van der Waals surface area contributed by atoms with Crippen LogP contribution < -0.4 is 11.1 Å². The SMILES string of the molecule is Cn1cnc(CNC(=O)CC2(N)CCC2)n1. The standard InChI is InChI=1S/C10H17N5O/c1-15-7-13-8(14-15)6-12-9(16)5-10(11)3-2-4-10/h7H,2-6,11H2,1H3,(H,12,16). The van der Waals surface area contributed by atoms with E-state index in [0.29, 0.717) is 18.8 Å². The fourth-order valence-corrected chi connectivity index (χ4v) is 1.83. The summed E-state index contributed by atoms with van der Waals surface area (Å²) in [6.07, 6.45) is 5.04. The minimum absolute atomic E-state index is 0.0188. The fraction of sp³-hybridized carbons (Fsp3) is 0.700. The minimum atomic E-state index is -0.262. The number of rotatable bonds is 4. The number of aromatic nitrogens is 3. The summed E-state index contributed by atoms with van der Waals surface area (Å²) in [5, 5.41) is 6.85. The van der Waals surface area contributed by atoms with E-state index < -0.39 is 0 Å². The third kappa shape index (κ3) is 2.57. The quantitative estimate of drug-likeness (QED) is 0.734. The number of nitrogens with zero attached hydrogens (tertiary/aromatic N) is 3. The average molecular weight is 223 g/mol. The lowest BCUT2D eigenvalue weighted by Gasteiger charge is -2.37. The molecule has 0 spiro atoms. The van der Waals surface area contributed by atoms with Crippen molar-refractivity contribution in [2.45, 2.75) is 37.8 Å². The van der Waals surface area contributed by atoms with E-state index in [1.807, 2.05) is 0 Å². The van der Waals surface area contributed by atoms with Crippen LogP contribution in [0, 0.1) is 0 Å². The zero-order valence-corrected chi connectivity index (χ0v) is 9.44. The van der Waals surface area contributed by atoms with Crippen LogP contribution in [0.2, 0.25) is 0 Å². The second kappa shape index (κ2) is 4.21. The summed E-state index contributed by atoms with van der Waals surface area (Å²) >= 11 is 0. The topological polar surface area (TPSA) is 85.8 Å². The Morgan fingerprint density at radius 3 is 2.94 bits per heavy atom. The lowest BCUT2D eigenvalue weighted by Crippen LogP contribution is -2.49. The summed E-state index contributed by atoms with van der Waals surface area (Å²) in [6.45, 7) is 0.371. The molecule has 0 atom stereocenters. The van der Waals surface area contributed by atoms with Crippen molar-refractivity contribution in [3.05, 3.63) is 12.2 Å². The van der Waals surface area contributed by atoms with Gasteiger partial charge in [-0.05, 0) is 19.3 Å². The lowest BCUT2D eigenvalue weighted by atomic mass is 9.75. The van der Waals surface area contributed by atoms with Crippen LogP contribution in [0.5, 0.6) is 0 Å². The van der Waals surface area contributed by atoms with Crippen molar-refractivity contribution < 1.29 is 4.79 Å². The number of aryl methyl sites for hydroxylation is 1. The third-order valence-corrected chi connectivity index (χ3v) is 2.95. The molecule has 0 aromatic carbocycles. The molecule has 16 heavy (non-hydrogen) atoms.